The van der Waals surface area contributed by atoms with Gasteiger partial charge < -0.3 is 9.47 Å². The predicted molar refractivity (Wildman–Crippen MR) is 71.4 cm³/mol. The SMILES string of the molecule is C=CCOc1ccccc1CNN1CCOCC1. The van der Waals surface area contributed by atoms with Crippen LogP contribution in [0.15, 0.2) is 36.9 Å². The van der Waals surface area contributed by atoms with Crippen molar-refractivity contribution in [3.8, 4) is 5.75 Å². The van der Waals surface area contributed by atoms with Gasteiger partial charge in [0.25, 0.3) is 0 Å². The van der Waals surface area contributed by atoms with Gasteiger partial charge in [-0.25, -0.2) is 5.01 Å². The summed E-state index contributed by atoms with van der Waals surface area (Å²) in [6.45, 7) is 8.41. The molecule has 0 spiro atoms. The van der Waals surface area contributed by atoms with E-state index < -0.39 is 0 Å². The van der Waals surface area contributed by atoms with E-state index in [1.54, 1.807) is 6.08 Å². The van der Waals surface area contributed by atoms with E-state index in [1.807, 2.05) is 18.2 Å². The third kappa shape index (κ3) is 3.84. The monoisotopic (exact) mass is 248 g/mol. The van der Waals surface area contributed by atoms with Crippen molar-refractivity contribution in [1.29, 1.82) is 0 Å². The highest BCUT2D eigenvalue weighted by atomic mass is 16.5. The maximum atomic E-state index is 5.62. The van der Waals surface area contributed by atoms with Crippen molar-refractivity contribution in [2.45, 2.75) is 6.54 Å². The van der Waals surface area contributed by atoms with Gasteiger partial charge in [-0.15, -0.1) is 0 Å². The number of benzene rings is 1. The Kier molecular flexibility index (Phi) is 5.20. The first-order valence-electron chi connectivity index (χ1n) is 6.28. The molecule has 1 aliphatic heterocycles. The number of hydrogen-bond acceptors (Lipinski definition) is 4. The van der Waals surface area contributed by atoms with E-state index in [-0.39, 0.29) is 0 Å². The van der Waals surface area contributed by atoms with Crippen molar-refractivity contribution in [1.82, 2.24) is 10.4 Å². The van der Waals surface area contributed by atoms with E-state index in [0.29, 0.717) is 6.61 Å². The molecule has 1 N–H and O–H groups in total. The lowest BCUT2D eigenvalue weighted by molar-refractivity contribution is 0.0104. The predicted octanol–water partition coefficient (Wildman–Crippen LogP) is 1.59. The molecule has 1 saturated heterocycles. The van der Waals surface area contributed by atoms with Crippen LogP contribution in [0.2, 0.25) is 0 Å². The Bertz CT molecular complexity index is 376. The Morgan fingerprint density at radius 2 is 2.11 bits per heavy atom. The number of ether oxygens (including phenoxy) is 2. The number of nitrogens with zero attached hydrogens (tertiary/aromatic N) is 1. The van der Waals surface area contributed by atoms with Crippen molar-refractivity contribution in [3.63, 3.8) is 0 Å². The number of morpholine rings is 1. The molecule has 0 aliphatic carbocycles. The van der Waals surface area contributed by atoms with Gasteiger partial charge in [0.15, 0.2) is 0 Å². The Labute approximate surface area is 108 Å². The molecule has 1 aromatic rings. The van der Waals surface area contributed by atoms with Gasteiger partial charge in [-0.1, -0.05) is 30.9 Å². The Morgan fingerprint density at radius 1 is 1.33 bits per heavy atom. The summed E-state index contributed by atoms with van der Waals surface area (Å²) in [6.07, 6.45) is 1.76. The third-order valence-corrected chi connectivity index (χ3v) is 2.83. The molecule has 0 atom stereocenters. The normalized spacial score (nSPS) is 16.4. The van der Waals surface area contributed by atoms with Gasteiger partial charge in [0.05, 0.1) is 13.2 Å². The fourth-order valence-corrected chi connectivity index (χ4v) is 1.86. The van der Waals surface area contributed by atoms with Crippen molar-refractivity contribution < 1.29 is 9.47 Å². The molecule has 0 bridgehead atoms. The van der Waals surface area contributed by atoms with Gasteiger partial charge in [-0.05, 0) is 6.07 Å². The molecular weight excluding hydrogens is 228 g/mol. The molecule has 1 aliphatic rings. The van der Waals surface area contributed by atoms with Gasteiger partial charge in [0.2, 0.25) is 0 Å². The number of para-hydroxylation sites is 1. The van der Waals surface area contributed by atoms with Gasteiger partial charge in [-0.2, -0.15) is 0 Å². The van der Waals surface area contributed by atoms with Crippen LogP contribution in [0.1, 0.15) is 5.56 Å². The topological polar surface area (TPSA) is 33.7 Å². The lowest BCUT2D eigenvalue weighted by atomic mass is 10.2. The second-order valence-electron chi connectivity index (χ2n) is 4.14. The minimum Gasteiger partial charge on any atom is -0.489 e. The first-order valence-corrected chi connectivity index (χ1v) is 6.28. The fraction of sp³-hybridized carbons (Fsp3) is 0.429. The number of hydrogen-bond donors (Lipinski definition) is 1. The van der Waals surface area contributed by atoms with Crippen molar-refractivity contribution >= 4 is 0 Å². The molecule has 0 unspecified atom stereocenters. The zero-order valence-electron chi connectivity index (χ0n) is 10.6. The zero-order valence-corrected chi connectivity index (χ0v) is 10.6. The molecule has 0 aromatic heterocycles. The molecule has 0 saturated carbocycles. The van der Waals surface area contributed by atoms with Crippen LogP contribution in [0.3, 0.4) is 0 Å². The summed E-state index contributed by atoms with van der Waals surface area (Å²) in [5.41, 5.74) is 4.56. The van der Waals surface area contributed by atoms with Gasteiger partial charge in [0.1, 0.15) is 12.4 Å². The minimum absolute atomic E-state index is 0.536. The number of nitrogens with one attached hydrogen (secondary N) is 1. The highest BCUT2D eigenvalue weighted by Gasteiger charge is 2.10. The molecule has 18 heavy (non-hydrogen) atoms. The molecule has 2 rings (SSSR count). The van der Waals surface area contributed by atoms with Crippen LogP contribution >= 0.6 is 0 Å². The summed E-state index contributed by atoms with van der Waals surface area (Å²) in [5.74, 6) is 0.915. The van der Waals surface area contributed by atoms with Gasteiger partial charge >= 0.3 is 0 Å². The van der Waals surface area contributed by atoms with Gasteiger partial charge in [-0.3, -0.25) is 5.43 Å². The standard InChI is InChI=1S/C14H20N2O2/c1-2-9-18-14-6-4-3-5-13(14)12-15-16-7-10-17-11-8-16/h2-6,15H,1,7-12H2. The Hall–Kier alpha value is -1.36. The lowest BCUT2D eigenvalue weighted by Gasteiger charge is -2.27. The van der Waals surface area contributed by atoms with E-state index in [9.17, 15) is 0 Å². The first kappa shape index (κ1) is 13.1. The van der Waals surface area contributed by atoms with Crippen LogP contribution < -0.4 is 10.2 Å². The smallest absolute Gasteiger partial charge is 0.124 e. The molecule has 0 radical (unpaired) electrons. The molecule has 0 amide bonds. The number of hydrazine groups is 1. The second kappa shape index (κ2) is 7.16. The summed E-state index contributed by atoms with van der Waals surface area (Å²) in [6, 6.07) is 8.07. The number of rotatable bonds is 6. The van der Waals surface area contributed by atoms with Crippen molar-refractivity contribution in [2.24, 2.45) is 0 Å². The van der Waals surface area contributed by atoms with Crippen molar-refractivity contribution in [2.75, 3.05) is 32.9 Å². The van der Waals surface area contributed by atoms with E-state index in [2.05, 4.69) is 23.1 Å². The van der Waals surface area contributed by atoms with Crippen LogP contribution in [-0.2, 0) is 11.3 Å². The minimum atomic E-state index is 0.536. The quantitative estimate of drug-likeness (QED) is 0.775. The van der Waals surface area contributed by atoms with Gasteiger partial charge in [0, 0.05) is 25.2 Å². The van der Waals surface area contributed by atoms with E-state index in [4.69, 9.17) is 9.47 Å². The summed E-state index contributed by atoms with van der Waals surface area (Å²) in [5, 5.41) is 2.19. The Balaban J connectivity index is 1.88. The molecule has 1 aromatic carbocycles. The Morgan fingerprint density at radius 3 is 2.89 bits per heavy atom. The summed E-state index contributed by atoms with van der Waals surface area (Å²) < 4.78 is 10.9. The molecule has 4 nitrogen and oxygen atoms in total. The van der Waals surface area contributed by atoms with E-state index in [0.717, 1.165) is 44.2 Å². The average molecular weight is 248 g/mol. The molecule has 1 fully saturated rings. The average Bonchev–Trinajstić information content (AvgIpc) is 2.45. The summed E-state index contributed by atoms with van der Waals surface area (Å²) in [7, 11) is 0. The largest absolute Gasteiger partial charge is 0.489 e. The second-order valence-corrected chi connectivity index (χ2v) is 4.14. The summed E-state index contributed by atoms with van der Waals surface area (Å²) >= 11 is 0. The lowest BCUT2D eigenvalue weighted by Crippen LogP contribution is -2.45. The molecule has 1 heterocycles. The molecular formula is C14H20N2O2. The fourth-order valence-electron chi connectivity index (χ4n) is 1.86. The van der Waals surface area contributed by atoms with Crippen LogP contribution in [0, 0.1) is 0 Å². The maximum Gasteiger partial charge on any atom is 0.124 e. The zero-order chi connectivity index (χ0) is 12.6. The van der Waals surface area contributed by atoms with E-state index in [1.165, 1.54) is 0 Å². The molecule has 4 heteroatoms. The molecule has 98 valence electrons. The summed E-state index contributed by atoms with van der Waals surface area (Å²) in [4.78, 5) is 0. The van der Waals surface area contributed by atoms with Crippen molar-refractivity contribution in [3.05, 3.63) is 42.5 Å². The highest BCUT2D eigenvalue weighted by molar-refractivity contribution is 5.33. The van der Waals surface area contributed by atoms with Crippen LogP contribution in [-0.4, -0.2) is 37.9 Å². The highest BCUT2D eigenvalue weighted by Crippen LogP contribution is 2.17. The third-order valence-electron chi connectivity index (χ3n) is 2.83. The first-order chi connectivity index (χ1) is 8.90. The van der Waals surface area contributed by atoms with Crippen LogP contribution in [0.25, 0.3) is 0 Å². The maximum absolute atomic E-state index is 5.62. The van der Waals surface area contributed by atoms with E-state index >= 15 is 0 Å². The van der Waals surface area contributed by atoms with Crippen LogP contribution in [0.5, 0.6) is 5.75 Å². The van der Waals surface area contributed by atoms with Crippen LogP contribution in [0.4, 0.5) is 0 Å².